The molecule has 6 nitrogen and oxygen atoms in total. The predicted octanol–water partition coefficient (Wildman–Crippen LogP) is 6.10. The Morgan fingerprint density at radius 2 is 1.64 bits per heavy atom. The minimum absolute atomic E-state index is 0.124. The van der Waals surface area contributed by atoms with Gasteiger partial charge in [-0.3, -0.25) is 9.59 Å². The fourth-order valence-electron chi connectivity index (χ4n) is 4.13. The Labute approximate surface area is 211 Å². The normalized spacial score (nSPS) is 11.3. The summed E-state index contributed by atoms with van der Waals surface area (Å²) in [5.74, 6) is 0.0341. The zero-order chi connectivity index (χ0) is 26.0. The van der Waals surface area contributed by atoms with E-state index >= 15 is 0 Å². The monoisotopic (exact) mass is 481 g/mol. The lowest BCUT2D eigenvalue weighted by Crippen LogP contribution is -2.24. The number of hydrogen-bond acceptors (Lipinski definition) is 5. The number of aromatic nitrogens is 1. The highest BCUT2D eigenvalue weighted by molar-refractivity contribution is 6.48. The van der Waals surface area contributed by atoms with Crippen LogP contribution < -0.4 is 15.0 Å². The van der Waals surface area contributed by atoms with Gasteiger partial charge in [0.2, 0.25) is 0 Å². The van der Waals surface area contributed by atoms with Gasteiger partial charge in [-0.05, 0) is 57.6 Å². The third-order valence-corrected chi connectivity index (χ3v) is 6.21. The summed E-state index contributed by atoms with van der Waals surface area (Å²) in [4.78, 5) is 32.9. The Bertz CT molecular complexity index is 1430. The molecule has 0 aliphatic carbocycles. The quantitative estimate of drug-likeness (QED) is 0.266. The standard InChI is InChI=1S/C30H31N3O3/c1-30(2,3)20-12-15-26(36-6)25(17-20)32-29(35)28(34)24-14-13-21(22-9-7-8-10-23(22)24)19-11-16-27(31-18-19)33(4)5/h7-18H,1-6H3,(H,32,35). The van der Waals surface area contributed by atoms with Crippen LogP contribution in [-0.2, 0) is 10.2 Å². The molecule has 0 spiro atoms. The van der Waals surface area contributed by atoms with Crippen LogP contribution in [0.1, 0.15) is 36.7 Å². The van der Waals surface area contributed by atoms with Gasteiger partial charge in [0, 0.05) is 31.4 Å². The molecular weight excluding hydrogens is 450 g/mol. The first-order valence-corrected chi connectivity index (χ1v) is 11.8. The van der Waals surface area contributed by atoms with Gasteiger partial charge in [-0.25, -0.2) is 4.98 Å². The molecular formula is C30H31N3O3. The van der Waals surface area contributed by atoms with Crippen molar-refractivity contribution in [3.63, 3.8) is 0 Å². The van der Waals surface area contributed by atoms with Crippen molar-refractivity contribution in [3.8, 4) is 16.9 Å². The van der Waals surface area contributed by atoms with Crippen molar-refractivity contribution in [1.82, 2.24) is 4.98 Å². The highest BCUT2D eigenvalue weighted by Gasteiger charge is 2.23. The van der Waals surface area contributed by atoms with Crippen LogP contribution in [0, 0.1) is 0 Å². The van der Waals surface area contributed by atoms with E-state index in [0.717, 1.165) is 27.9 Å². The number of carbonyl (C=O) groups excluding carboxylic acids is 2. The van der Waals surface area contributed by atoms with Gasteiger partial charge in [0.25, 0.3) is 11.7 Å². The van der Waals surface area contributed by atoms with E-state index in [9.17, 15) is 9.59 Å². The summed E-state index contributed by atoms with van der Waals surface area (Å²) < 4.78 is 5.42. The molecule has 0 atom stereocenters. The molecule has 1 heterocycles. The third-order valence-electron chi connectivity index (χ3n) is 6.21. The number of nitrogens with one attached hydrogen (secondary N) is 1. The Kier molecular flexibility index (Phi) is 6.80. The summed E-state index contributed by atoms with van der Waals surface area (Å²) >= 11 is 0. The number of anilines is 2. The Morgan fingerprint density at radius 1 is 0.917 bits per heavy atom. The number of fused-ring (bicyclic) bond motifs is 1. The lowest BCUT2D eigenvalue weighted by Gasteiger charge is -2.21. The maximum absolute atomic E-state index is 13.3. The number of rotatable bonds is 6. The number of ketones is 1. The predicted molar refractivity (Wildman–Crippen MR) is 146 cm³/mol. The molecule has 1 amide bonds. The number of hydrogen-bond donors (Lipinski definition) is 1. The van der Waals surface area contributed by atoms with Crippen molar-refractivity contribution in [3.05, 3.63) is 84.1 Å². The molecule has 4 aromatic rings. The van der Waals surface area contributed by atoms with Crippen LogP contribution in [0.25, 0.3) is 21.9 Å². The maximum atomic E-state index is 13.3. The van der Waals surface area contributed by atoms with E-state index in [-0.39, 0.29) is 5.41 Å². The topological polar surface area (TPSA) is 71.5 Å². The van der Waals surface area contributed by atoms with Crippen LogP contribution in [0.2, 0.25) is 0 Å². The first-order chi connectivity index (χ1) is 17.1. The first kappa shape index (κ1) is 24.9. The number of ether oxygens (including phenoxy) is 1. The average molecular weight is 482 g/mol. The smallest absolute Gasteiger partial charge is 0.296 e. The molecule has 0 saturated heterocycles. The zero-order valence-corrected chi connectivity index (χ0v) is 21.5. The van der Waals surface area contributed by atoms with Crippen LogP contribution in [0.5, 0.6) is 5.75 Å². The van der Waals surface area contributed by atoms with Crippen molar-refractivity contribution in [2.75, 3.05) is 31.4 Å². The summed E-state index contributed by atoms with van der Waals surface area (Å²) in [5.41, 5.74) is 3.59. The minimum atomic E-state index is -0.714. The molecule has 0 bridgehead atoms. The van der Waals surface area contributed by atoms with Crippen molar-refractivity contribution < 1.29 is 14.3 Å². The highest BCUT2D eigenvalue weighted by atomic mass is 16.5. The van der Waals surface area contributed by atoms with E-state index in [1.165, 1.54) is 7.11 Å². The molecule has 4 rings (SSSR count). The summed E-state index contributed by atoms with van der Waals surface area (Å²) in [6.45, 7) is 6.26. The summed E-state index contributed by atoms with van der Waals surface area (Å²) in [6.07, 6.45) is 1.82. The zero-order valence-electron chi connectivity index (χ0n) is 21.5. The van der Waals surface area contributed by atoms with Gasteiger partial charge >= 0.3 is 0 Å². The molecule has 0 aliphatic heterocycles. The van der Waals surface area contributed by atoms with Crippen molar-refractivity contribution in [2.45, 2.75) is 26.2 Å². The van der Waals surface area contributed by atoms with Gasteiger partial charge in [0.15, 0.2) is 0 Å². The van der Waals surface area contributed by atoms with Crippen LogP contribution in [0.15, 0.2) is 72.9 Å². The van der Waals surface area contributed by atoms with Gasteiger partial charge in [-0.1, -0.05) is 57.2 Å². The van der Waals surface area contributed by atoms with E-state index in [1.807, 2.05) is 79.8 Å². The molecule has 1 aromatic heterocycles. The van der Waals surface area contributed by atoms with Crippen molar-refractivity contribution >= 4 is 34.0 Å². The molecule has 0 unspecified atom stereocenters. The molecule has 0 saturated carbocycles. The molecule has 6 heteroatoms. The highest BCUT2D eigenvalue weighted by Crippen LogP contribution is 2.33. The van der Waals surface area contributed by atoms with Crippen molar-refractivity contribution in [2.24, 2.45) is 0 Å². The fourth-order valence-corrected chi connectivity index (χ4v) is 4.13. The second kappa shape index (κ2) is 9.82. The van der Waals surface area contributed by atoms with E-state index in [4.69, 9.17) is 4.74 Å². The Balaban J connectivity index is 1.69. The SMILES string of the molecule is COc1ccc(C(C)(C)C)cc1NC(=O)C(=O)c1ccc(-c2ccc(N(C)C)nc2)c2ccccc12. The molecule has 3 aromatic carbocycles. The summed E-state index contributed by atoms with van der Waals surface area (Å²) in [6, 6.07) is 20.8. The largest absolute Gasteiger partial charge is 0.495 e. The Morgan fingerprint density at radius 3 is 2.25 bits per heavy atom. The number of benzene rings is 3. The Hall–Kier alpha value is -4.19. The van der Waals surface area contributed by atoms with Gasteiger partial charge in [0.1, 0.15) is 11.6 Å². The molecule has 36 heavy (non-hydrogen) atoms. The average Bonchev–Trinajstić information content (AvgIpc) is 2.87. The number of nitrogens with zero attached hydrogens (tertiary/aromatic N) is 2. The van der Waals surface area contributed by atoms with Crippen LogP contribution in [0.3, 0.4) is 0 Å². The van der Waals surface area contributed by atoms with Gasteiger partial charge in [-0.15, -0.1) is 0 Å². The van der Waals surface area contributed by atoms with Gasteiger partial charge in [0.05, 0.1) is 12.8 Å². The van der Waals surface area contributed by atoms with Crippen LogP contribution in [0.4, 0.5) is 11.5 Å². The van der Waals surface area contributed by atoms with E-state index < -0.39 is 11.7 Å². The molecule has 1 N–H and O–H groups in total. The summed E-state index contributed by atoms with van der Waals surface area (Å²) in [5, 5.41) is 4.36. The first-order valence-electron chi connectivity index (χ1n) is 11.8. The lowest BCUT2D eigenvalue weighted by atomic mass is 9.87. The number of Topliss-reactive ketones (excluding diaryl/α,β-unsaturated/α-hetero) is 1. The molecule has 0 radical (unpaired) electrons. The number of pyridine rings is 1. The fraction of sp³-hybridized carbons (Fsp3) is 0.233. The van der Waals surface area contributed by atoms with Crippen molar-refractivity contribution in [1.29, 1.82) is 0 Å². The summed E-state index contributed by atoms with van der Waals surface area (Å²) in [7, 11) is 5.42. The number of methoxy groups -OCH3 is 1. The maximum Gasteiger partial charge on any atom is 0.296 e. The lowest BCUT2D eigenvalue weighted by molar-refractivity contribution is -0.112. The second-order valence-corrected chi connectivity index (χ2v) is 9.95. The van der Waals surface area contributed by atoms with Crippen LogP contribution >= 0.6 is 0 Å². The van der Waals surface area contributed by atoms with E-state index in [2.05, 4.69) is 31.1 Å². The third kappa shape index (κ3) is 4.93. The van der Waals surface area contributed by atoms with E-state index in [1.54, 1.807) is 12.1 Å². The van der Waals surface area contributed by atoms with Gasteiger partial charge < -0.3 is 15.0 Å². The molecule has 0 aliphatic rings. The van der Waals surface area contributed by atoms with Gasteiger partial charge in [-0.2, -0.15) is 0 Å². The second-order valence-electron chi connectivity index (χ2n) is 9.95. The minimum Gasteiger partial charge on any atom is -0.495 e. The van der Waals surface area contributed by atoms with E-state index in [0.29, 0.717) is 22.4 Å². The molecule has 0 fully saturated rings. The number of carbonyl (C=O) groups is 2. The number of amides is 1. The van der Waals surface area contributed by atoms with Crippen LogP contribution in [-0.4, -0.2) is 37.9 Å². The molecule has 184 valence electrons.